The number of rotatable bonds is 5. The van der Waals surface area contributed by atoms with E-state index in [9.17, 15) is 4.79 Å². The number of quaternary nitrogens is 1. The molecule has 0 fully saturated rings. The molecule has 0 heterocycles. The number of likely N-dealkylation sites (N-methyl/N-ethyl adjacent to an activating group) is 1. The molecule has 0 saturated heterocycles. The van der Waals surface area contributed by atoms with Crippen LogP contribution in [-0.2, 0) is 4.74 Å². The number of hydrogen-bond donors (Lipinski definition) is 0. The molecule has 1 rings (SSSR count). The van der Waals surface area contributed by atoms with Crippen molar-refractivity contribution in [1.82, 2.24) is 0 Å². The summed E-state index contributed by atoms with van der Waals surface area (Å²) in [6.45, 7) is 3.09. The van der Waals surface area contributed by atoms with Crippen molar-refractivity contribution in [3.05, 3.63) is 29.3 Å². The molecule has 0 spiro atoms. The van der Waals surface area contributed by atoms with E-state index in [4.69, 9.17) is 9.47 Å². The number of nitrogens with zero attached hydrogens (tertiary/aromatic N) is 1. The van der Waals surface area contributed by atoms with E-state index in [0.29, 0.717) is 12.2 Å². The van der Waals surface area contributed by atoms with Gasteiger partial charge in [-0.3, -0.25) is 0 Å². The summed E-state index contributed by atoms with van der Waals surface area (Å²) in [5.74, 6) is 0.471. The normalized spacial score (nSPS) is 10.6. The molecule has 5 heteroatoms. The summed E-state index contributed by atoms with van der Waals surface area (Å²) < 4.78 is 11.1. The lowest BCUT2D eigenvalue weighted by Gasteiger charge is -2.23. The Hall–Kier alpha value is -0.820. The molecule has 0 aromatic heterocycles. The summed E-state index contributed by atoms with van der Waals surface area (Å²) in [6.07, 6.45) is 0. The van der Waals surface area contributed by atoms with Gasteiger partial charge in [-0.05, 0) is 30.7 Å². The van der Waals surface area contributed by atoms with Gasteiger partial charge < -0.3 is 37.9 Å². The van der Waals surface area contributed by atoms with Gasteiger partial charge in [0.1, 0.15) is 18.9 Å². The zero-order chi connectivity index (χ0) is 13.8. The van der Waals surface area contributed by atoms with Gasteiger partial charge in [0, 0.05) is 0 Å². The topological polar surface area (TPSA) is 35.5 Å². The highest BCUT2D eigenvalue weighted by atomic mass is 127. The minimum Gasteiger partial charge on any atom is -1.00 e. The summed E-state index contributed by atoms with van der Waals surface area (Å²) in [4.78, 5) is 11.9. The number of aryl methyl sites for hydroxylation is 1. The van der Waals surface area contributed by atoms with E-state index < -0.39 is 0 Å². The molecule has 1 aromatic rings. The number of methoxy groups -OCH3 is 1. The summed E-state index contributed by atoms with van der Waals surface area (Å²) in [6, 6.07) is 5.34. The van der Waals surface area contributed by atoms with Gasteiger partial charge in [0.2, 0.25) is 0 Å². The molecule has 0 aliphatic heterocycles. The lowest BCUT2D eigenvalue weighted by molar-refractivity contribution is -0.870. The molecule has 0 unspecified atom stereocenters. The van der Waals surface area contributed by atoms with Crippen LogP contribution in [0.2, 0.25) is 0 Å². The first-order chi connectivity index (χ1) is 8.33. The van der Waals surface area contributed by atoms with Crippen molar-refractivity contribution in [3.8, 4) is 5.75 Å². The lowest BCUT2D eigenvalue weighted by Crippen LogP contribution is -3.00. The average Bonchev–Trinajstić information content (AvgIpc) is 2.26. The van der Waals surface area contributed by atoms with Crippen LogP contribution in [0.25, 0.3) is 0 Å². The van der Waals surface area contributed by atoms with E-state index in [1.54, 1.807) is 19.2 Å². The maximum atomic E-state index is 11.9. The van der Waals surface area contributed by atoms with Crippen LogP contribution in [-0.4, -0.2) is 51.9 Å². The number of esters is 1. The third kappa shape index (κ3) is 6.24. The minimum atomic E-state index is -0.274. The summed E-state index contributed by atoms with van der Waals surface area (Å²) >= 11 is 0. The maximum absolute atomic E-state index is 11.9. The summed E-state index contributed by atoms with van der Waals surface area (Å²) in [5, 5.41) is 0. The minimum absolute atomic E-state index is 0. The first-order valence-corrected chi connectivity index (χ1v) is 5.96. The second-order valence-electron chi connectivity index (χ2n) is 5.33. The predicted octanol–water partition coefficient (Wildman–Crippen LogP) is -1.13. The van der Waals surface area contributed by atoms with Gasteiger partial charge in [-0.2, -0.15) is 0 Å². The van der Waals surface area contributed by atoms with Crippen LogP contribution in [0.3, 0.4) is 0 Å². The number of halogens is 1. The van der Waals surface area contributed by atoms with Gasteiger partial charge in [-0.1, -0.05) is 0 Å². The Morgan fingerprint density at radius 3 is 2.37 bits per heavy atom. The van der Waals surface area contributed by atoms with Gasteiger partial charge in [0.25, 0.3) is 0 Å². The zero-order valence-electron chi connectivity index (χ0n) is 12.2. The van der Waals surface area contributed by atoms with Crippen molar-refractivity contribution in [2.24, 2.45) is 0 Å². The number of hydrogen-bond acceptors (Lipinski definition) is 3. The second-order valence-corrected chi connectivity index (χ2v) is 5.33. The third-order valence-corrected chi connectivity index (χ3v) is 2.65. The van der Waals surface area contributed by atoms with Crippen molar-refractivity contribution in [1.29, 1.82) is 0 Å². The Bertz CT molecular complexity index is 427. The highest BCUT2D eigenvalue weighted by molar-refractivity contribution is 5.91. The van der Waals surface area contributed by atoms with Crippen molar-refractivity contribution in [2.45, 2.75) is 6.92 Å². The number of carbonyl (C=O) groups excluding carboxylic acids is 1. The highest BCUT2D eigenvalue weighted by Gasteiger charge is 2.13. The van der Waals surface area contributed by atoms with Crippen LogP contribution in [0.15, 0.2) is 18.2 Å². The monoisotopic (exact) mass is 379 g/mol. The zero-order valence-corrected chi connectivity index (χ0v) is 14.4. The average molecular weight is 379 g/mol. The Kier molecular flexibility index (Phi) is 7.36. The molecule has 0 amide bonds. The predicted molar refractivity (Wildman–Crippen MR) is 70.9 cm³/mol. The molecule has 1 aromatic carbocycles. The molecule has 4 nitrogen and oxygen atoms in total. The van der Waals surface area contributed by atoms with Crippen LogP contribution in [0.4, 0.5) is 0 Å². The fourth-order valence-electron chi connectivity index (χ4n) is 1.48. The van der Waals surface area contributed by atoms with E-state index in [1.165, 1.54) is 0 Å². The third-order valence-electron chi connectivity index (χ3n) is 2.65. The van der Waals surface area contributed by atoms with Gasteiger partial charge in [0.15, 0.2) is 0 Å². The highest BCUT2D eigenvalue weighted by Crippen LogP contribution is 2.17. The SMILES string of the molecule is COc1ccc(C(=O)OCC[N+](C)(C)C)c(C)c1.[I-]. The molecule has 0 bridgehead atoms. The van der Waals surface area contributed by atoms with Gasteiger partial charge in [-0.15, -0.1) is 0 Å². The van der Waals surface area contributed by atoms with Crippen LogP contribution in [0.5, 0.6) is 5.75 Å². The number of benzene rings is 1. The van der Waals surface area contributed by atoms with Crippen LogP contribution in [0.1, 0.15) is 15.9 Å². The Morgan fingerprint density at radius 2 is 1.89 bits per heavy atom. The van der Waals surface area contributed by atoms with Gasteiger partial charge in [0.05, 0.1) is 33.8 Å². The van der Waals surface area contributed by atoms with E-state index in [0.717, 1.165) is 22.3 Å². The van der Waals surface area contributed by atoms with Crippen molar-refractivity contribution >= 4 is 5.97 Å². The van der Waals surface area contributed by atoms with Crippen molar-refractivity contribution in [3.63, 3.8) is 0 Å². The molecule has 108 valence electrons. The molecule has 0 saturated carbocycles. The summed E-state index contributed by atoms with van der Waals surface area (Å²) in [5.41, 5.74) is 1.46. The molecule has 0 aliphatic rings. The smallest absolute Gasteiger partial charge is 0.338 e. The first kappa shape index (κ1) is 18.2. The largest absolute Gasteiger partial charge is 1.00 e. The molecular formula is C14H22INO3. The first-order valence-electron chi connectivity index (χ1n) is 5.96. The maximum Gasteiger partial charge on any atom is 0.338 e. The standard InChI is InChI=1S/C14H22NO3.HI/c1-11-10-12(17-5)6-7-13(11)14(16)18-9-8-15(2,3)4;/h6-7,10H,8-9H2,1-5H3;1H/q+1;/p-1. The molecular weight excluding hydrogens is 357 g/mol. The Labute approximate surface area is 132 Å². The number of ether oxygens (including phenoxy) is 2. The van der Waals surface area contributed by atoms with E-state index >= 15 is 0 Å². The quantitative estimate of drug-likeness (QED) is 0.369. The Morgan fingerprint density at radius 1 is 1.26 bits per heavy atom. The molecule has 0 aliphatic carbocycles. The van der Waals surface area contributed by atoms with Crippen molar-refractivity contribution in [2.75, 3.05) is 41.4 Å². The van der Waals surface area contributed by atoms with Crippen molar-refractivity contribution < 1.29 is 42.7 Å². The van der Waals surface area contributed by atoms with Crippen LogP contribution < -0.4 is 28.7 Å². The molecule has 0 atom stereocenters. The second kappa shape index (κ2) is 7.69. The van der Waals surface area contributed by atoms with E-state index in [-0.39, 0.29) is 29.9 Å². The fraction of sp³-hybridized carbons (Fsp3) is 0.500. The van der Waals surface area contributed by atoms with E-state index in [2.05, 4.69) is 21.1 Å². The summed E-state index contributed by atoms with van der Waals surface area (Å²) in [7, 11) is 7.79. The molecule has 0 N–H and O–H groups in total. The lowest BCUT2D eigenvalue weighted by atomic mass is 10.1. The fourth-order valence-corrected chi connectivity index (χ4v) is 1.48. The van der Waals surface area contributed by atoms with Crippen LogP contribution >= 0.6 is 0 Å². The van der Waals surface area contributed by atoms with Crippen LogP contribution in [0, 0.1) is 6.92 Å². The van der Waals surface area contributed by atoms with Gasteiger partial charge >= 0.3 is 5.97 Å². The molecule has 0 radical (unpaired) electrons. The van der Waals surface area contributed by atoms with Gasteiger partial charge in [-0.25, -0.2) is 4.79 Å². The van der Waals surface area contributed by atoms with E-state index in [1.807, 2.05) is 13.0 Å². The Balaban J connectivity index is 0.00000324. The molecule has 19 heavy (non-hydrogen) atoms. The number of carbonyl (C=O) groups is 1.